The zero-order valence-corrected chi connectivity index (χ0v) is 18.6. The van der Waals surface area contributed by atoms with E-state index in [0.29, 0.717) is 12.0 Å². The van der Waals surface area contributed by atoms with Gasteiger partial charge in [0.15, 0.2) is 5.96 Å². The standard InChI is InChI=1S/C25H36N4O/c1-4-26-25(27-18-20(2)23-12-8-9-13-24(23)30-3)28-22-14-16-29(17-15-22)19-21-10-6-5-7-11-21/h5-13,20,22H,4,14-19H2,1-3H3,(H2,26,27,28). The molecule has 5 nitrogen and oxygen atoms in total. The average Bonchev–Trinajstić information content (AvgIpc) is 2.79. The summed E-state index contributed by atoms with van der Waals surface area (Å²) < 4.78 is 5.51. The minimum atomic E-state index is 0.296. The minimum Gasteiger partial charge on any atom is -0.496 e. The van der Waals surface area contributed by atoms with Crippen LogP contribution in [-0.4, -0.2) is 50.2 Å². The Kier molecular flexibility index (Phi) is 8.57. The Morgan fingerprint density at radius 3 is 2.50 bits per heavy atom. The van der Waals surface area contributed by atoms with Gasteiger partial charge in [0.25, 0.3) is 0 Å². The molecule has 0 amide bonds. The molecule has 1 aliphatic rings. The monoisotopic (exact) mass is 408 g/mol. The number of para-hydroxylation sites is 1. The number of benzene rings is 2. The first kappa shape index (κ1) is 22.2. The van der Waals surface area contributed by atoms with Crippen molar-refractivity contribution in [2.45, 2.75) is 45.2 Å². The summed E-state index contributed by atoms with van der Waals surface area (Å²) in [6, 6.07) is 19.4. The topological polar surface area (TPSA) is 48.9 Å². The number of likely N-dealkylation sites (tertiary alicyclic amines) is 1. The lowest BCUT2D eigenvalue weighted by Gasteiger charge is -2.33. The highest BCUT2D eigenvalue weighted by Crippen LogP contribution is 2.26. The summed E-state index contributed by atoms with van der Waals surface area (Å²) >= 11 is 0. The third kappa shape index (κ3) is 6.49. The fraction of sp³-hybridized carbons (Fsp3) is 0.480. The maximum Gasteiger partial charge on any atom is 0.191 e. The molecule has 3 rings (SSSR count). The first-order valence-electron chi connectivity index (χ1n) is 11.1. The lowest BCUT2D eigenvalue weighted by atomic mass is 10.0. The predicted molar refractivity (Wildman–Crippen MR) is 125 cm³/mol. The second-order valence-electron chi connectivity index (χ2n) is 8.04. The number of hydrogen-bond acceptors (Lipinski definition) is 3. The first-order valence-corrected chi connectivity index (χ1v) is 11.1. The second kappa shape index (κ2) is 11.6. The third-order valence-corrected chi connectivity index (χ3v) is 5.71. The van der Waals surface area contributed by atoms with Gasteiger partial charge in [0.2, 0.25) is 0 Å². The molecule has 5 heteroatoms. The van der Waals surface area contributed by atoms with Crippen LogP contribution in [0.5, 0.6) is 5.75 Å². The second-order valence-corrected chi connectivity index (χ2v) is 8.04. The van der Waals surface area contributed by atoms with Crippen LogP contribution in [0.3, 0.4) is 0 Å². The summed E-state index contributed by atoms with van der Waals surface area (Å²) in [5.74, 6) is 2.15. The SMILES string of the molecule is CCNC(=NCC(C)c1ccccc1OC)NC1CCN(Cc2ccccc2)CC1. The van der Waals surface area contributed by atoms with Crippen molar-refractivity contribution >= 4 is 5.96 Å². The Morgan fingerprint density at radius 2 is 1.80 bits per heavy atom. The molecular weight excluding hydrogens is 372 g/mol. The zero-order chi connectivity index (χ0) is 21.2. The molecule has 1 saturated heterocycles. The molecule has 0 aliphatic carbocycles. The first-order chi connectivity index (χ1) is 14.7. The number of ether oxygens (including phenoxy) is 1. The summed E-state index contributed by atoms with van der Waals surface area (Å²) in [5.41, 5.74) is 2.60. The van der Waals surface area contributed by atoms with Gasteiger partial charge in [0.1, 0.15) is 5.75 Å². The van der Waals surface area contributed by atoms with Gasteiger partial charge in [0, 0.05) is 44.7 Å². The summed E-state index contributed by atoms with van der Waals surface area (Å²) in [4.78, 5) is 7.41. The van der Waals surface area contributed by atoms with E-state index in [1.54, 1.807) is 7.11 Å². The van der Waals surface area contributed by atoms with Crippen LogP contribution in [0.4, 0.5) is 0 Å². The van der Waals surface area contributed by atoms with Gasteiger partial charge in [-0.15, -0.1) is 0 Å². The lowest BCUT2D eigenvalue weighted by Crippen LogP contribution is -2.48. The normalized spacial score (nSPS) is 16.8. The maximum absolute atomic E-state index is 5.51. The molecule has 1 unspecified atom stereocenters. The molecule has 30 heavy (non-hydrogen) atoms. The molecule has 0 aromatic heterocycles. The highest BCUT2D eigenvalue weighted by atomic mass is 16.5. The number of piperidine rings is 1. The van der Waals surface area contributed by atoms with Crippen molar-refractivity contribution in [1.82, 2.24) is 15.5 Å². The number of nitrogens with zero attached hydrogens (tertiary/aromatic N) is 2. The summed E-state index contributed by atoms with van der Waals surface area (Å²) in [5, 5.41) is 7.07. The molecule has 1 atom stereocenters. The van der Waals surface area contributed by atoms with E-state index in [1.807, 2.05) is 12.1 Å². The van der Waals surface area contributed by atoms with Crippen LogP contribution in [0, 0.1) is 0 Å². The van der Waals surface area contributed by atoms with Gasteiger partial charge in [-0.3, -0.25) is 9.89 Å². The Balaban J connectivity index is 1.51. The van der Waals surface area contributed by atoms with Crippen LogP contribution in [0.25, 0.3) is 0 Å². The molecule has 0 saturated carbocycles. The van der Waals surface area contributed by atoms with Gasteiger partial charge in [-0.25, -0.2) is 0 Å². The van der Waals surface area contributed by atoms with Crippen molar-refractivity contribution in [3.8, 4) is 5.75 Å². The number of nitrogens with one attached hydrogen (secondary N) is 2. The Hall–Kier alpha value is -2.53. The molecule has 2 N–H and O–H groups in total. The van der Waals surface area contributed by atoms with E-state index in [1.165, 1.54) is 11.1 Å². The largest absolute Gasteiger partial charge is 0.496 e. The van der Waals surface area contributed by atoms with E-state index >= 15 is 0 Å². The molecule has 1 aliphatic heterocycles. The highest BCUT2D eigenvalue weighted by Gasteiger charge is 2.20. The van der Waals surface area contributed by atoms with Crippen molar-refractivity contribution < 1.29 is 4.74 Å². The molecular formula is C25H36N4O. The van der Waals surface area contributed by atoms with E-state index in [2.05, 4.69) is 71.8 Å². The molecule has 1 heterocycles. The smallest absolute Gasteiger partial charge is 0.191 e. The maximum atomic E-state index is 5.51. The molecule has 2 aromatic rings. The Labute approximate surface area is 181 Å². The molecule has 0 spiro atoms. The van der Waals surface area contributed by atoms with Gasteiger partial charge in [-0.2, -0.15) is 0 Å². The number of aliphatic imine (C=N–C) groups is 1. The Morgan fingerprint density at radius 1 is 1.10 bits per heavy atom. The number of rotatable bonds is 8. The Bertz CT molecular complexity index is 785. The number of guanidine groups is 1. The molecule has 0 bridgehead atoms. The van der Waals surface area contributed by atoms with E-state index in [9.17, 15) is 0 Å². The minimum absolute atomic E-state index is 0.296. The van der Waals surface area contributed by atoms with Crippen LogP contribution >= 0.6 is 0 Å². The summed E-state index contributed by atoms with van der Waals surface area (Å²) in [6.45, 7) is 9.17. The van der Waals surface area contributed by atoms with Gasteiger partial charge < -0.3 is 15.4 Å². The van der Waals surface area contributed by atoms with E-state index in [-0.39, 0.29) is 0 Å². The van der Waals surface area contributed by atoms with Gasteiger partial charge in [-0.05, 0) is 37.0 Å². The van der Waals surface area contributed by atoms with Crippen molar-refractivity contribution in [2.75, 3.05) is 33.3 Å². The van der Waals surface area contributed by atoms with Gasteiger partial charge in [0.05, 0.1) is 7.11 Å². The van der Waals surface area contributed by atoms with Crippen molar-refractivity contribution in [1.29, 1.82) is 0 Å². The van der Waals surface area contributed by atoms with Crippen LogP contribution < -0.4 is 15.4 Å². The van der Waals surface area contributed by atoms with Crippen molar-refractivity contribution in [2.24, 2.45) is 4.99 Å². The average molecular weight is 409 g/mol. The van der Waals surface area contributed by atoms with Gasteiger partial charge >= 0.3 is 0 Å². The summed E-state index contributed by atoms with van der Waals surface area (Å²) in [6.07, 6.45) is 2.28. The number of methoxy groups -OCH3 is 1. The lowest BCUT2D eigenvalue weighted by molar-refractivity contribution is 0.198. The fourth-order valence-electron chi connectivity index (χ4n) is 3.99. The molecule has 1 fully saturated rings. The molecule has 162 valence electrons. The van der Waals surface area contributed by atoms with Gasteiger partial charge in [-0.1, -0.05) is 55.5 Å². The van der Waals surface area contributed by atoms with Crippen LogP contribution in [-0.2, 0) is 6.54 Å². The third-order valence-electron chi connectivity index (χ3n) is 5.71. The fourth-order valence-corrected chi connectivity index (χ4v) is 3.99. The van der Waals surface area contributed by atoms with E-state index in [0.717, 1.165) is 57.3 Å². The van der Waals surface area contributed by atoms with E-state index in [4.69, 9.17) is 9.73 Å². The zero-order valence-electron chi connectivity index (χ0n) is 18.6. The van der Waals surface area contributed by atoms with E-state index < -0.39 is 0 Å². The van der Waals surface area contributed by atoms with Crippen molar-refractivity contribution in [3.63, 3.8) is 0 Å². The molecule has 0 radical (unpaired) electrons. The number of hydrogen-bond donors (Lipinski definition) is 2. The summed E-state index contributed by atoms with van der Waals surface area (Å²) in [7, 11) is 1.73. The molecule has 2 aromatic carbocycles. The van der Waals surface area contributed by atoms with Crippen LogP contribution in [0.1, 0.15) is 43.7 Å². The van der Waals surface area contributed by atoms with Crippen LogP contribution in [0.15, 0.2) is 59.6 Å². The van der Waals surface area contributed by atoms with Crippen LogP contribution in [0.2, 0.25) is 0 Å². The quantitative estimate of drug-likeness (QED) is 0.512. The van der Waals surface area contributed by atoms with Crippen molar-refractivity contribution in [3.05, 3.63) is 65.7 Å². The highest BCUT2D eigenvalue weighted by molar-refractivity contribution is 5.80. The predicted octanol–water partition coefficient (Wildman–Crippen LogP) is 4.02.